The van der Waals surface area contributed by atoms with E-state index in [0.717, 1.165) is 31.3 Å². The van der Waals surface area contributed by atoms with Crippen LogP contribution in [0.4, 0.5) is 0 Å². The fourth-order valence-electron chi connectivity index (χ4n) is 12.1. The molecule has 0 aromatic carbocycles. The normalized spacial score (nSPS) is 54.2. The minimum absolute atomic E-state index is 0.0643. The van der Waals surface area contributed by atoms with E-state index < -0.39 is 77.5 Å². The lowest BCUT2D eigenvalue weighted by Crippen LogP contribution is -2.66. The van der Waals surface area contributed by atoms with Crippen LogP contribution < -0.4 is 0 Å². The number of rotatable bonds is 5. The Hall–Kier alpha value is -1.60. The molecular formula is C36H56O11. The molecule has 6 rings (SSSR count). The lowest BCUT2D eigenvalue weighted by Gasteiger charge is -2.71. The van der Waals surface area contributed by atoms with Gasteiger partial charge in [-0.15, -0.1) is 0 Å². The van der Waals surface area contributed by atoms with Gasteiger partial charge in [0.25, 0.3) is 0 Å². The van der Waals surface area contributed by atoms with E-state index in [9.17, 15) is 45.3 Å². The SMILES string of the molecule is CC1(C(=O)O)CCC2(C(=O)OC3OC(CO)C(O)C(O)C3O)CCC3(C)C(=CCC4C5(C)CCC(O)C(C)(CO)C5CCC43C)C2C1. The molecule has 0 aromatic rings. The van der Waals surface area contributed by atoms with E-state index in [0.29, 0.717) is 19.3 Å². The number of ether oxygens (including phenoxy) is 2. The van der Waals surface area contributed by atoms with Crippen LogP contribution in [0.3, 0.4) is 0 Å². The summed E-state index contributed by atoms with van der Waals surface area (Å²) in [7, 11) is 0. The molecule has 1 heterocycles. The minimum Gasteiger partial charge on any atom is -0.481 e. The Bertz CT molecular complexity index is 1300. The molecule has 4 saturated carbocycles. The highest BCUT2D eigenvalue weighted by Crippen LogP contribution is 2.76. The number of fused-ring (bicyclic) bond motifs is 7. The van der Waals surface area contributed by atoms with Crippen molar-refractivity contribution < 1.29 is 54.8 Å². The number of carbonyl (C=O) groups excluding carboxylic acids is 1. The predicted octanol–water partition coefficient (Wildman–Crippen LogP) is 2.53. The summed E-state index contributed by atoms with van der Waals surface area (Å²) in [4.78, 5) is 27.1. The third-order valence-electron chi connectivity index (χ3n) is 15.5. The number of allylic oxidation sites excluding steroid dienone is 2. The fourth-order valence-corrected chi connectivity index (χ4v) is 12.1. The number of carboxylic acids is 1. The zero-order valence-corrected chi connectivity index (χ0v) is 28.5. The van der Waals surface area contributed by atoms with Crippen molar-refractivity contribution in [2.24, 2.45) is 50.2 Å². The van der Waals surface area contributed by atoms with Crippen molar-refractivity contribution in [2.75, 3.05) is 13.2 Å². The molecule has 0 bridgehead atoms. The van der Waals surface area contributed by atoms with Gasteiger partial charge in [-0.05, 0) is 105 Å². The van der Waals surface area contributed by atoms with Crippen molar-refractivity contribution >= 4 is 11.9 Å². The molecule has 5 fully saturated rings. The second-order valence-corrected chi connectivity index (χ2v) is 17.4. The average Bonchev–Trinajstić information content (AvgIpc) is 3.03. The molecule has 0 amide bonds. The van der Waals surface area contributed by atoms with Gasteiger partial charge in [0, 0.05) is 5.41 Å². The number of aliphatic hydroxyl groups excluding tert-OH is 6. The van der Waals surface area contributed by atoms with Crippen molar-refractivity contribution in [3.63, 3.8) is 0 Å². The highest BCUT2D eigenvalue weighted by molar-refractivity contribution is 5.81. The Balaban J connectivity index is 1.38. The van der Waals surface area contributed by atoms with Crippen LogP contribution in [0.5, 0.6) is 0 Å². The molecule has 1 saturated heterocycles. The number of carbonyl (C=O) groups is 2. The number of aliphatic carboxylic acids is 1. The summed E-state index contributed by atoms with van der Waals surface area (Å²) in [6, 6.07) is 0. The molecule has 0 spiro atoms. The van der Waals surface area contributed by atoms with E-state index >= 15 is 0 Å². The molecule has 15 unspecified atom stereocenters. The molecule has 0 aromatic heterocycles. The van der Waals surface area contributed by atoms with Gasteiger partial charge in [-0.1, -0.05) is 39.3 Å². The van der Waals surface area contributed by atoms with Gasteiger partial charge in [0.2, 0.25) is 6.29 Å². The first-order valence-corrected chi connectivity index (χ1v) is 17.6. The Morgan fingerprint density at radius 3 is 2.19 bits per heavy atom. The lowest BCUT2D eigenvalue weighted by atomic mass is 9.33. The number of esters is 1. The first kappa shape index (κ1) is 35.2. The van der Waals surface area contributed by atoms with Crippen LogP contribution >= 0.6 is 0 Å². The molecule has 15 atom stereocenters. The van der Waals surface area contributed by atoms with Crippen molar-refractivity contribution in [3.8, 4) is 0 Å². The van der Waals surface area contributed by atoms with E-state index in [2.05, 4.69) is 26.8 Å². The van der Waals surface area contributed by atoms with Gasteiger partial charge in [-0.3, -0.25) is 9.59 Å². The van der Waals surface area contributed by atoms with Crippen LogP contribution in [-0.4, -0.2) is 97.7 Å². The molecule has 7 N–H and O–H groups in total. The van der Waals surface area contributed by atoms with Gasteiger partial charge >= 0.3 is 11.9 Å². The maximum absolute atomic E-state index is 14.4. The molecule has 5 aliphatic carbocycles. The monoisotopic (exact) mass is 664 g/mol. The van der Waals surface area contributed by atoms with Crippen LogP contribution in [0.2, 0.25) is 0 Å². The number of carboxylic acid groups (broad SMARTS) is 1. The zero-order chi connectivity index (χ0) is 34.5. The molecule has 1 aliphatic heterocycles. The summed E-state index contributed by atoms with van der Waals surface area (Å²) in [6.45, 7) is 10.1. The Morgan fingerprint density at radius 1 is 0.872 bits per heavy atom. The van der Waals surface area contributed by atoms with Crippen molar-refractivity contribution in [1.29, 1.82) is 0 Å². The van der Waals surface area contributed by atoms with Crippen LogP contribution in [0, 0.1) is 50.2 Å². The van der Waals surface area contributed by atoms with Crippen LogP contribution in [0.15, 0.2) is 11.6 Å². The van der Waals surface area contributed by atoms with Crippen LogP contribution in [0.25, 0.3) is 0 Å². The molecule has 47 heavy (non-hydrogen) atoms. The van der Waals surface area contributed by atoms with Crippen molar-refractivity contribution in [3.05, 3.63) is 11.6 Å². The van der Waals surface area contributed by atoms with E-state index in [1.165, 1.54) is 0 Å². The van der Waals surface area contributed by atoms with Crippen molar-refractivity contribution in [1.82, 2.24) is 0 Å². The quantitative estimate of drug-likeness (QED) is 0.169. The topological polar surface area (TPSA) is 194 Å². The summed E-state index contributed by atoms with van der Waals surface area (Å²) in [5.41, 5.74) is -2.25. The molecular weight excluding hydrogens is 608 g/mol. The maximum atomic E-state index is 14.4. The first-order valence-electron chi connectivity index (χ1n) is 17.6. The molecule has 6 aliphatic rings. The van der Waals surface area contributed by atoms with E-state index in [1.807, 2.05) is 6.92 Å². The second kappa shape index (κ2) is 11.5. The Kier molecular flexibility index (Phi) is 8.60. The summed E-state index contributed by atoms with van der Waals surface area (Å²) in [6.07, 6.45) is -0.173. The smallest absolute Gasteiger partial charge is 0.315 e. The van der Waals surface area contributed by atoms with Crippen molar-refractivity contribution in [2.45, 2.75) is 136 Å². The third kappa shape index (κ3) is 4.69. The minimum atomic E-state index is -1.73. The van der Waals surface area contributed by atoms with E-state index in [1.54, 1.807) is 6.92 Å². The van der Waals surface area contributed by atoms with Crippen LogP contribution in [0.1, 0.15) is 98.8 Å². The van der Waals surface area contributed by atoms with Gasteiger partial charge in [0.1, 0.15) is 24.4 Å². The predicted molar refractivity (Wildman–Crippen MR) is 168 cm³/mol. The number of hydrogen-bond donors (Lipinski definition) is 7. The molecule has 0 radical (unpaired) electrons. The summed E-state index contributed by atoms with van der Waals surface area (Å²) >= 11 is 0. The third-order valence-corrected chi connectivity index (χ3v) is 15.5. The number of aliphatic hydroxyl groups is 6. The second-order valence-electron chi connectivity index (χ2n) is 17.4. The standard InChI is InChI=1S/C36H56O11/c1-31(29(43)44)12-14-36(30(45)47-28-27(42)26(41)25(40)21(17-37)46-28)15-13-34(4)19(20(36)16-31)6-7-23-32(2)10-9-24(39)33(3,18-38)22(32)8-11-35(23,34)5/h6,20-28,37-42H,7-18H2,1-5H3,(H,43,44). The average molecular weight is 665 g/mol. The highest BCUT2D eigenvalue weighted by atomic mass is 16.7. The van der Waals surface area contributed by atoms with Crippen LogP contribution in [-0.2, 0) is 19.1 Å². The van der Waals surface area contributed by atoms with Gasteiger partial charge in [-0.2, -0.15) is 0 Å². The summed E-state index contributed by atoms with van der Waals surface area (Å²) in [5.74, 6) is -1.54. The highest BCUT2D eigenvalue weighted by Gasteiger charge is 2.70. The number of hydrogen-bond acceptors (Lipinski definition) is 10. The molecule has 11 heteroatoms. The van der Waals surface area contributed by atoms with Gasteiger partial charge in [-0.25, -0.2) is 0 Å². The lowest BCUT2D eigenvalue weighted by molar-refractivity contribution is -0.297. The van der Waals surface area contributed by atoms with Gasteiger partial charge < -0.3 is 45.2 Å². The first-order chi connectivity index (χ1) is 21.9. The van der Waals surface area contributed by atoms with Gasteiger partial charge in [0.05, 0.1) is 30.1 Å². The largest absolute Gasteiger partial charge is 0.481 e. The van der Waals surface area contributed by atoms with E-state index in [-0.39, 0.29) is 54.0 Å². The fraction of sp³-hybridized carbons (Fsp3) is 0.889. The Labute approximate surface area is 277 Å². The maximum Gasteiger partial charge on any atom is 0.315 e. The summed E-state index contributed by atoms with van der Waals surface area (Å²) in [5, 5.41) is 72.9. The zero-order valence-electron chi connectivity index (χ0n) is 28.5. The molecule has 11 nitrogen and oxygen atoms in total. The van der Waals surface area contributed by atoms with Gasteiger partial charge in [0.15, 0.2) is 0 Å². The summed E-state index contributed by atoms with van der Waals surface area (Å²) < 4.78 is 11.4. The van der Waals surface area contributed by atoms with E-state index in [4.69, 9.17) is 9.47 Å². The molecule has 266 valence electrons. The Morgan fingerprint density at radius 2 is 1.55 bits per heavy atom.